The summed E-state index contributed by atoms with van der Waals surface area (Å²) in [6.07, 6.45) is -2.06. The normalized spacial score (nSPS) is 16.8. The summed E-state index contributed by atoms with van der Waals surface area (Å²) in [6, 6.07) is 7.28. The van der Waals surface area contributed by atoms with Crippen molar-refractivity contribution in [3.05, 3.63) is 53.2 Å². The Hall–Kier alpha value is -3.10. The van der Waals surface area contributed by atoms with Crippen molar-refractivity contribution in [3.63, 3.8) is 0 Å². The van der Waals surface area contributed by atoms with E-state index in [-0.39, 0.29) is 24.2 Å². The summed E-state index contributed by atoms with van der Waals surface area (Å²) in [5.74, 6) is -1.20. The molecule has 1 aliphatic rings. The number of anilines is 2. The number of pyridine rings is 1. The highest BCUT2D eigenvalue weighted by molar-refractivity contribution is 5.99. The maximum Gasteiger partial charge on any atom is 0.419 e. The molecule has 9 heteroatoms. The second kappa shape index (κ2) is 8.73. The van der Waals surface area contributed by atoms with Gasteiger partial charge in [0.25, 0.3) is 5.91 Å². The Morgan fingerprint density at radius 3 is 2.67 bits per heavy atom. The van der Waals surface area contributed by atoms with Crippen molar-refractivity contribution in [2.24, 2.45) is 5.92 Å². The van der Waals surface area contributed by atoms with Crippen LogP contribution < -0.4 is 15.5 Å². The standard InChI is InChI=1S/C21H23F3N4O2/c1-13-15(20(30)25-2)7-3-9-17(13)27-19(29)14-6-5-11-28(12-14)18-16(21(22,23)24)8-4-10-26-18/h3-4,7-10,14H,5-6,11-12H2,1-2H3,(H,25,30)(H,27,29). The van der Waals surface area contributed by atoms with Gasteiger partial charge in [0, 0.05) is 37.6 Å². The molecule has 1 aliphatic heterocycles. The maximum absolute atomic E-state index is 13.3. The molecule has 0 radical (unpaired) electrons. The number of alkyl halides is 3. The van der Waals surface area contributed by atoms with Crippen LogP contribution in [0.2, 0.25) is 0 Å². The molecule has 1 saturated heterocycles. The number of carbonyl (C=O) groups excluding carboxylic acids is 2. The predicted octanol–water partition coefficient (Wildman–Crippen LogP) is 3.62. The number of hydrogen-bond donors (Lipinski definition) is 2. The summed E-state index contributed by atoms with van der Waals surface area (Å²) in [5, 5.41) is 5.38. The zero-order valence-electron chi connectivity index (χ0n) is 16.7. The first-order valence-electron chi connectivity index (χ1n) is 9.62. The molecule has 2 aromatic rings. The quantitative estimate of drug-likeness (QED) is 0.792. The first-order chi connectivity index (χ1) is 14.2. The van der Waals surface area contributed by atoms with Gasteiger partial charge >= 0.3 is 6.18 Å². The van der Waals surface area contributed by atoms with Gasteiger partial charge in [-0.3, -0.25) is 9.59 Å². The molecular weight excluding hydrogens is 397 g/mol. The SMILES string of the molecule is CNC(=O)c1cccc(NC(=O)C2CCCN(c3ncccc3C(F)(F)F)C2)c1C. The van der Waals surface area contributed by atoms with Crippen LogP contribution in [-0.4, -0.2) is 36.9 Å². The molecule has 30 heavy (non-hydrogen) atoms. The number of nitrogens with zero attached hydrogens (tertiary/aromatic N) is 2. The first kappa shape index (κ1) is 21.6. The second-order valence-electron chi connectivity index (χ2n) is 7.20. The van der Waals surface area contributed by atoms with Gasteiger partial charge in [-0.05, 0) is 49.6 Å². The Kier molecular flexibility index (Phi) is 6.28. The number of aromatic nitrogens is 1. The monoisotopic (exact) mass is 420 g/mol. The predicted molar refractivity (Wildman–Crippen MR) is 107 cm³/mol. The zero-order valence-corrected chi connectivity index (χ0v) is 16.7. The Bertz CT molecular complexity index is 946. The fraction of sp³-hybridized carbons (Fsp3) is 0.381. The molecule has 2 heterocycles. The number of piperidine rings is 1. The van der Waals surface area contributed by atoms with Crippen LogP contribution in [0, 0.1) is 12.8 Å². The number of carbonyl (C=O) groups is 2. The van der Waals surface area contributed by atoms with Crippen molar-refractivity contribution in [2.45, 2.75) is 25.9 Å². The number of rotatable bonds is 4. The molecule has 3 rings (SSSR count). The van der Waals surface area contributed by atoms with Crippen molar-refractivity contribution in [1.29, 1.82) is 0 Å². The lowest BCUT2D eigenvalue weighted by Crippen LogP contribution is -2.42. The fourth-order valence-electron chi connectivity index (χ4n) is 3.64. The van der Waals surface area contributed by atoms with Gasteiger partial charge in [-0.15, -0.1) is 0 Å². The summed E-state index contributed by atoms with van der Waals surface area (Å²) < 4.78 is 40.0. The van der Waals surface area contributed by atoms with E-state index >= 15 is 0 Å². The highest BCUT2D eigenvalue weighted by Gasteiger charge is 2.37. The van der Waals surface area contributed by atoms with Gasteiger partial charge in [0.15, 0.2) is 0 Å². The molecule has 2 amide bonds. The van der Waals surface area contributed by atoms with Crippen LogP contribution in [0.1, 0.15) is 34.3 Å². The number of nitrogens with one attached hydrogen (secondary N) is 2. The smallest absolute Gasteiger partial charge is 0.355 e. The summed E-state index contributed by atoms with van der Waals surface area (Å²) in [5.41, 5.74) is 0.776. The summed E-state index contributed by atoms with van der Waals surface area (Å²) in [6.45, 7) is 2.27. The van der Waals surface area contributed by atoms with Crippen molar-refractivity contribution < 1.29 is 22.8 Å². The number of amides is 2. The van der Waals surface area contributed by atoms with Crippen LogP contribution in [0.15, 0.2) is 36.5 Å². The first-order valence-corrected chi connectivity index (χ1v) is 9.62. The third-order valence-electron chi connectivity index (χ3n) is 5.25. The molecule has 1 aromatic heterocycles. The van der Waals surface area contributed by atoms with Gasteiger partial charge < -0.3 is 15.5 Å². The van der Waals surface area contributed by atoms with Crippen LogP contribution in [0.4, 0.5) is 24.7 Å². The van der Waals surface area contributed by atoms with Crippen LogP contribution >= 0.6 is 0 Å². The lowest BCUT2D eigenvalue weighted by atomic mass is 9.96. The van der Waals surface area contributed by atoms with E-state index in [2.05, 4.69) is 15.6 Å². The van der Waals surface area contributed by atoms with E-state index in [1.807, 2.05) is 0 Å². The number of hydrogen-bond acceptors (Lipinski definition) is 4. The molecule has 0 bridgehead atoms. The molecule has 0 spiro atoms. The summed E-state index contributed by atoms with van der Waals surface area (Å²) >= 11 is 0. The van der Waals surface area contributed by atoms with Gasteiger partial charge in [0.05, 0.1) is 11.5 Å². The highest BCUT2D eigenvalue weighted by Crippen LogP contribution is 2.36. The van der Waals surface area contributed by atoms with Crippen molar-refractivity contribution >= 4 is 23.3 Å². The molecule has 1 unspecified atom stereocenters. The molecule has 0 saturated carbocycles. The Morgan fingerprint density at radius 2 is 1.97 bits per heavy atom. The van der Waals surface area contributed by atoms with Crippen LogP contribution in [0.5, 0.6) is 0 Å². The second-order valence-corrected chi connectivity index (χ2v) is 7.20. The van der Waals surface area contributed by atoms with Crippen molar-refractivity contribution in [1.82, 2.24) is 10.3 Å². The van der Waals surface area contributed by atoms with E-state index in [0.29, 0.717) is 36.2 Å². The minimum Gasteiger partial charge on any atom is -0.355 e. The molecule has 2 N–H and O–H groups in total. The average molecular weight is 420 g/mol. The third-order valence-corrected chi connectivity index (χ3v) is 5.25. The molecule has 0 aliphatic carbocycles. The lowest BCUT2D eigenvalue weighted by molar-refractivity contribution is -0.137. The average Bonchev–Trinajstić information content (AvgIpc) is 2.74. The third kappa shape index (κ3) is 4.55. The zero-order chi connectivity index (χ0) is 21.9. The Morgan fingerprint density at radius 1 is 1.20 bits per heavy atom. The molecule has 160 valence electrons. The van der Waals surface area contributed by atoms with Gasteiger partial charge in [-0.25, -0.2) is 4.98 Å². The molecule has 6 nitrogen and oxygen atoms in total. The van der Waals surface area contributed by atoms with E-state index in [0.717, 1.165) is 6.07 Å². The van der Waals surface area contributed by atoms with E-state index in [9.17, 15) is 22.8 Å². The van der Waals surface area contributed by atoms with Gasteiger partial charge in [-0.2, -0.15) is 13.2 Å². The lowest BCUT2D eigenvalue weighted by Gasteiger charge is -2.34. The molecule has 1 aromatic carbocycles. The number of halogens is 3. The molecule has 1 fully saturated rings. The van der Waals surface area contributed by atoms with E-state index in [4.69, 9.17) is 0 Å². The van der Waals surface area contributed by atoms with Gasteiger partial charge in [-0.1, -0.05) is 6.07 Å². The minimum atomic E-state index is -4.52. The van der Waals surface area contributed by atoms with E-state index in [1.54, 1.807) is 25.1 Å². The molecular formula is C21H23F3N4O2. The summed E-state index contributed by atoms with van der Waals surface area (Å²) in [7, 11) is 1.52. The van der Waals surface area contributed by atoms with Crippen LogP contribution in [0.3, 0.4) is 0 Å². The fourth-order valence-corrected chi connectivity index (χ4v) is 3.64. The Balaban J connectivity index is 1.77. The topological polar surface area (TPSA) is 74.3 Å². The van der Waals surface area contributed by atoms with Gasteiger partial charge in [0.2, 0.25) is 5.91 Å². The van der Waals surface area contributed by atoms with Gasteiger partial charge in [0.1, 0.15) is 5.82 Å². The van der Waals surface area contributed by atoms with Crippen molar-refractivity contribution in [2.75, 3.05) is 30.4 Å². The maximum atomic E-state index is 13.3. The van der Waals surface area contributed by atoms with Crippen molar-refractivity contribution in [3.8, 4) is 0 Å². The number of benzene rings is 1. The Labute approximate surface area is 172 Å². The largest absolute Gasteiger partial charge is 0.419 e. The van der Waals surface area contributed by atoms with E-state index in [1.165, 1.54) is 24.2 Å². The van der Waals surface area contributed by atoms with E-state index < -0.39 is 17.7 Å². The van der Waals surface area contributed by atoms with Crippen LogP contribution in [0.25, 0.3) is 0 Å². The minimum absolute atomic E-state index is 0.139. The molecule has 1 atom stereocenters. The summed E-state index contributed by atoms with van der Waals surface area (Å²) in [4.78, 5) is 30.3. The highest BCUT2D eigenvalue weighted by atomic mass is 19.4. The van der Waals surface area contributed by atoms with Crippen LogP contribution in [-0.2, 0) is 11.0 Å².